The first kappa shape index (κ1) is 33.9. The summed E-state index contributed by atoms with van der Waals surface area (Å²) >= 11 is 0. The lowest BCUT2D eigenvalue weighted by Crippen LogP contribution is -2.48. The van der Waals surface area contributed by atoms with Gasteiger partial charge < -0.3 is 41.0 Å². The Morgan fingerprint density at radius 1 is 0.923 bits per heavy atom. The van der Waals surface area contributed by atoms with E-state index in [0.717, 1.165) is 5.56 Å². The number of ketones is 1. The van der Waals surface area contributed by atoms with E-state index < -0.39 is 18.0 Å². The lowest BCUT2D eigenvalue weighted by molar-refractivity contribution is -0.127. The van der Waals surface area contributed by atoms with Gasteiger partial charge in [-0.3, -0.25) is 24.5 Å². The molecule has 0 aliphatic heterocycles. The Balaban J connectivity index is 2.14. The molecule has 0 aliphatic carbocycles. The molecule has 2 atom stereocenters. The second-order valence-electron chi connectivity index (χ2n) is 8.69. The van der Waals surface area contributed by atoms with Crippen molar-refractivity contribution in [2.75, 3.05) is 59.8 Å². The van der Waals surface area contributed by atoms with Crippen LogP contribution in [-0.2, 0) is 39.8 Å². The van der Waals surface area contributed by atoms with E-state index in [4.69, 9.17) is 27.0 Å². The summed E-state index contributed by atoms with van der Waals surface area (Å²) in [5.41, 5.74) is 6.24. The zero-order chi connectivity index (χ0) is 28.9. The average molecular weight is 552 g/mol. The van der Waals surface area contributed by atoms with Gasteiger partial charge in [0.1, 0.15) is 19.0 Å². The number of hydrogen-bond donors (Lipinski definition) is 6. The first-order valence-electron chi connectivity index (χ1n) is 12.7. The van der Waals surface area contributed by atoms with Crippen molar-refractivity contribution in [3.05, 3.63) is 36.9 Å². The molecule has 0 bridgehead atoms. The van der Waals surface area contributed by atoms with Crippen LogP contribution in [-0.4, -0.2) is 100 Å². The van der Waals surface area contributed by atoms with Gasteiger partial charge in [0.15, 0.2) is 5.78 Å². The molecule has 0 heterocycles. The van der Waals surface area contributed by atoms with Crippen LogP contribution in [0.25, 0.3) is 0 Å². The summed E-state index contributed by atoms with van der Waals surface area (Å²) in [6.45, 7) is 1.44. The van der Waals surface area contributed by atoms with Gasteiger partial charge in [-0.25, -0.2) is 0 Å². The molecular weight excluding hydrogens is 510 g/mol. The molecule has 0 spiro atoms. The maximum absolute atomic E-state index is 12.5. The lowest BCUT2D eigenvalue weighted by atomic mass is 10.0. The number of phenols is 1. The van der Waals surface area contributed by atoms with E-state index in [1.165, 1.54) is 19.2 Å². The van der Waals surface area contributed by atoms with Crippen LogP contribution < -0.4 is 27.0 Å². The number of nitrogens with one attached hydrogen (secondary N) is 4. The molecular formula is C26H41N5O8. The number of hydrogen-bond acceptors (Lipinski definition) is 10. The average Bonchev–Trinajstić information content (AvgIpc) is 2.91. The number of phenolic OH excluding ortho intramolecular Hbond substituents is 1. The largest absolute Gasteiger partial charge is 0.508 e. The molecule has 0 saturated heterocycles. The Bertz CT molecular complexity index is 868. The third kappa shape index (κ3) is 16.5. The van der Waals surface area contributed by atoms with Crippen LogP contribution in [0.3, 0.4) is 0 Å². The highest BCUT2D eigenvalue weighted by Crippen LogP contribution is 2.11. The number of methoxy groups -OCH3 is 1. The fourth-order valence-corrected chi connectivity index (χ4v) is 3.41. The van der Waals surface area contributed by atoms with E-state index in [-0.39, 0.29) is 56.1 Å². The first-order chi connectivity index (χ1) is 18.8. The van der Waals surface area contributed by atoms with E-state index in [9.17, 15) is 24.3 Å². The van der Waals surface area contributed by atoms with Crippen LogP contribution in [0, 0.1) is 7.05 Å². The predicted octanol–water partition coefficient (Wildman–Crippen LogP) is -1.34. The van der Waals surface area contributed by atoms with Gasteiger partial charge in [-0.1, -0.05) is 12.1 Å². The van der Waals surface area contributed by atoms with Gasteiger partial charge in [0.25, 0.3) is 0 Å². The third-order valence-electron chi connectivity index (χ3n) is 5.52. The third-order valence-corrected chi connectivity index (χ3v) is 5.52. The number of Topliss-reactive ketones (excluding diaryl/α,β-unsaturated/α-hetero) is 1. The number of ether oxygens (including phenoxy) is 3. The number of nitrogens with two attached hydrogens (primary N) is 1. The highest BCUT2D eigenvalue weighted by atomic mass is 16.5. The second-order valence-corrected chi connectivity index (χ2v) is 8.69. The van der Waals surface area contributed by atoms with Gasteiger partial charge in [0.2, 0.25) is 17.7 Å². The Hall–Kier alpha value is -3.10. The lowest BCUT2D eigenvalue weighted by Gasteiger charge is -2.19. The molecule has 1 aromatic carbocycles. The Labute approximate surface area is 229 Å². The fraction of sp³-hybridized carbons (Fsp3) is 0.577. The molecule has 7 N–H and O–H groups in total. The number of aromatic hydroxyl groups is 1. The van der Waals surface area contributed by atoms with E-state index in [1.807, 2.05) is 0 Å². The second kappa shape index (κ2) is 20.8. The highest BCUT2D eigenvalue weighted by molar-refractivity contribution is 5.87. The van der Waals surface area contributed by atoms with Crippen molar-refractivity contribution in [3.8, 4) is 5.75 Å². The van der Waals surface area contributed by atoms with Crippen molar-refractivity contribution in [1.82, 2.24) is 21.3 Å². The van der Waals surface area contributed by atoms with Crippen molar-refractivity contribution in [2.24, 2.45) is 5.73 Å². The number of rotatable bonds is 23. The molecule has 0 aromatic heterocycles. The molecule has 13 heteroatoms. The number of primary amides is 1. The summed E-state index contributed by atoms with van der Waals surface area (Å²) in [7, 11) is 6.98. The Morgan fingerprint density at radius 2 is 1.59 bits per heavy atom. The summed E-state index contributed by atoms with van der Waals surface area (Å²) in [6, 6.07) is 5.00. The van der Waals surface area contributed by atoms with Crippen molar-refractivity contribution in [1.29, 1.82) is 0 Å². The zero-order valence-electron chi connectivity index (χ0n) is 22.4. The minimum absolute atomic E-state index is 0.000948. The Morgan fingerprint density at radius 3 is 2.26 bits per heavy atom. The predicted molar refractivity (Wildman–Crippen MR) is 142 cm³/mol. The standard InChI is InChI=1S/C26H41N5O8/c1-28-21(23(33)16-31-22(26(27)36)15-19-6-8-20(32)9-7-19)5-3-4-10-29-25(35)18-39-14-13-38-12-11-30-24(34)17-37-2/h1,6-9,21-22,28,31-32H,3-5,10-18H2,2H3,(H2,27,36)(H,29,35)(H,30,34)/t21-,22-/m0/s1. The molecule has 13 nitrogen and oxygen atoms in total. The summed E-state index contributed by atoms with van der Waals surface area (Å²) in [4.78, 5) is 47.4. The molecule has 0 fully saturated rings. The van der Waals surface area contributed by atoms with Gasteiger partial charge in [0.05, 0.1) is 38.4 Å². The SMILES string of the molecule is [CH]N[C@@H](CCCCNC(=O)COCCOCCNC(=O)COC)C(=O)CN[C@@H](Cc1ccc(O)cc1)C(N)=O. The number of unbranched alkanes of at least 4 members (excludes halogenated alkanes) is 1. The van der Waals surface area contributed by atoms with Crippen LogP contribution in [0.1, 0.15) is 24.8 Å². The smallest absolute Gasteiger partial charge is 0.246 e. The molecule has 0 aliphatic rings. The van der Waals surface area contributed by atoms with Crippen molar-refractivity contribution >= 4 is 23.5 Å². The Kier molecular flexibility index (Phi) is 18.1. The molecule has 0 unspecified atom stereocenters. The first-order valence-corrected chi connectivity index (χ1v) is 12.7. The molecule has 3 amide bonds. The molecule has 218 valence electrons. The quantitative estimate of drug-likeness (QED) is 0.0701. The monoisotopic (exact) mass is 551 g/mol. The van der Waals surface area contributed by atoms with E-state index in [2.05, 4.69) is 21.3 Å². The van der Waals surface area contributed by atoms with E-state index >= 15 is 0 Å². The summed E-state index contributed by atoms with van der Waals surface area (Å²) in [5.74, 6) is -1.18. The molecule has 2 radical (unpaired) electrons. The van der Waals surface area contributed by atoms with Crippen LogP contribution in [0.15, 0.2) is 24.3 Å². The van der Waals surface area contributed by atoms with Gasteiger partial charge in [-0.15, -0.1) is 0 Å². The molecule has 0 saturated carbocycles. The summed E-state index contributed by atoms with van der Waals surface area (Å²) < 4.78 is 15.2. The number of carbonyl (C=O) groups excluding carboxylic acids is 4. The van der Waals surface area contributed by atoms with Gasteiger partial charge >= 0.3 is 0 Å². The number of amides is 3. The van der Waals surface area contributed by atoms with E-state index in [0.29, 0.717) is 45.6 Å². The fourth-order valence-electron chi connectivity index (χ4n) is 3.41. The topological polar surface area (TPSA) is 190 Å². The number of carbonyl (C=O) groups is 4. The molecule has 39 heavy (non-hydrogen) atoms. The number of benzene rings is 1. The minimum Gasteiger partial charge on any atom is -0.508 e. The maximum atomic E-state index is 12.5. The maximum Gasteiger partial charge on any atom is 0.246 e. The molecule has 1 aromatic rings. The van der Waals surface area contributed by atoms with Crippen molar-refractivity contribution < 1.29 is 38.5 Å². The zero-order valence-corrected chi connectivity index (χ0v) is 22.4. The van der Waals surface area contributed by atoms with Crippen LogP contribution in [0.4, 0.5) is 0 Å². The van der Waals surface area contributed by atoms with Gasteiger partial charge in [-0.2, -0.15) is 0 Å². The van der Waals surface area contributed by atoms with Gasteiger partial charge in [0, 0.05) is 27.2 Å². The van der Waals surface area contributed by atoms with Crippen LogP contribution >= 0.6 is 0 Å². The highest BCUT2D eigenvalue weighted by Gasteiger charge is 2.20. The summed E-state index contributed by atoms with van der Waals surface area (Å²) in [5, 5.41) is 20.1. The summed E-state index contributed by atoms with van der Waals surface area (Å²) in [6.07, 6.45) is 1.98. The van der Waals surface area contributed by atoms with Crippen molar-refractivity contribution in [3.63, 3.8) is 0 Å². The van der Waals surface area contributed by atoms with Gasteiger partial charge in [-0.05, 0) is 43.4 Å². The van der Waals surface area contributed by atoms with Crippen LogP contribution in [0.2, 0.25) is 0 Å². The normalized spacial score (nSPS) is 12.5. The minimum atomic E-state index is -0.755. The van der Waals surface area contributed by atoms with Crippen molar-refractivity contribution in [2.45, 2.75) is 37.8 Å². The van der Waals surface area contributed by atoms with Crippen LogP contribution in [0.5, 0.6) is 5.75 Å². The molecule has 1 rings (SSSR count). The van der Waals surface area contributed by atoms with E-state index in [1.54, 1.807) is 12.1 Å².